The number of nitrogens with zero attached hydrogens (tertiary/aromatic N) is 1. The largest absolute Gasteiger partial charge is 0.445 e. The van der Waals surface area contributed by atoms with Crippen molar-refractivity contribution in [1.82, 2.24) is 10.3 Å². The Balaban J connectivity index is 0.00000176. The predicted octanol–water partition coefficient (Wildman–Crippen LogP) is 3.09. The molecule has 5 nitrogen and oxygen atoms in total. The highest BCUT2D eigenvalue weighted by molar-refractivity contribution is 5.92. The number of rotatable bonds is 3. The Kier molecular flexibility index (Phi) is 5.57. The molecule has 0 unspecified atom stereocenters. The lowest BCUT2D eigenvalue weighted by Crippen LogP contribution is -2.40. The first-order valence-corrected chi connectivity index (χ1v) is 7.26. The molecule has 22 heavy (non-hydrogen) atoms. The first-order valence-electron chi connectivity index (χ1n) is 7.26. The van der Waals surface area contributed by atoms with Crippen LogP contribution in [0.15, 0.2) is 41.1 Å². The van der Waals surface area contributed by atoms with E-state index in [1.165, 1.54) is 0 Å². The molecule has 2 heterocycles. The first kappa shape index (κ1) is 16.5. The fourth-order valence-electron chi connectivity index (χ4n) is 2.68. The van der Waals surface area contributed by atoms with Crippen LogP contribution >= 0.6 is 12.4 Å². The maximum Gasteiger partial charge on any atom is 0.227 e. The van der Waals surface area contributed by atoms with Crippen molar-refractivity contribution >= 4 is 24.0 Å². The molecule has 1 saturated heterocycles. The van der Waals surface area contributed by atoms with Crippen LogP contribution in [0.2, 0.25) is 0 Å². The molecule has 1 aromatic carbocycles. The summed E-state index contributed by atoms with van der Waals surface area (Å²) in [5, 5.41) is 6.34. The van der Waals surface area contributed by atoms with Gasteiger partial charge in [0.1, 0.15) is 6.26 Å². The molecule has 2 N–H and O–H groups in total. The minimum Gasteiger partial charge on any atom is -0.445 e. The predicted molar refractivity (Wildman–Crippen MR) is 88.0 cm³/mol. The molecule has 1 aliphatic rings. The van der Waals surface area contributed by atoms with Crippen LogP contribution < -0.4 is 10.6 Å². The lowest BCUT2D eigenvalue weighted by atomic mass is 9.92. The van der Waals surface area contributed by atoms with Gasteiger partial charge in [-0.1, -0.05) is 0 Å². The zero-order valence-electron chi connectivity index (χ0n) is 12.4. The maximum atomic E-state index is 12.3. The average molecular weight is 322 g/mol. The van der Waals surface area contributed by atoms with Crippen LogP contribution in [-0.4, -0.2) is 23.5 Å². The number of piperidine rings is 1. The van der Waals surface area contributed by atoms with Crippen molar-refractivity contribution in [3.63, 3.8) is 0 Å². The van der Waals surface area contributed by atoms with Crippen LogP contribution in [0.1, 0.15) is 19.8 Å². The molecular weight excluding hydrogens is 302 g/mol. The number of carbonyl (C=O) groups excluding carboxylic acids is 1. The van der Waals surface area contributed by atoms with Crippen LogP contribution in [0.3, 0.4) is 0 Å². The lowest BCUT2D eigenvalue weighted by molar-refractivity contribution is -0.120. The molecule has 1 aromatic heterocycles. The fraction of sp³-hybridized carbons (Fsp3) is 0.375. The van der Waals surface area contributed by atoms with Gasteiger partial charge in [0.2, 0.25) is 11.8 Å². The maximum absolute atomic E-state index is 12.3. The van der Waals surface area contributed by atoms with Crippen LogP contribution in [0, 0.1) is 5.92 Å². The van der Waals surface area contributed by atoms with Crippen molar-refractivity contribution in [2.24, 2.45) is 5.92 Å². The summed E-state index contributed by atoms with van der Waals surface area (Å²) in [7, 11) is 0. The molecule has 1 amide bonds. The molecule has 0 spiro atoms. The summed E-state index contributed by atoms with van der Waals surface area (Å²) in [4.78, 5) is 16.4. The van der Waals surface area contributed by atoms with E-state index in [2.05, 4.69) is 22.5 Å². The Morgan fingerprint density at radius 3 is 2.77 bits per heavy atom. The van der Waals surface area contributed by atoms with Gasteiger partial charge >= 0.3 is 0 Å². The van der Waals surface area contributed by atoms with Gasteiger partial charge in [-0.25, -0.2) is 4.98 Å². The number of oxazole rings is 1. The summed E-state index contributed by atoms with van der Waals surface area (Å²) in [5.74, 6) is 0.778. The second-order valence-corrected chi connectivity index (χ2v) is 5.48. The number of hydrogen-bond acceptors (Lipinski definition) is 4. The number of aromatic nitrogens is 1. The zero-order valence-corrected chi connectivity index (χ0v) is 13.2. The number of nitrogens with one attached hydrogen (secondary N) is 2. The van der Waals surface area contributed by atoms with Gasteiger partial charge in [0.05, 0.1) is 6.20 Å². The summed E-state index contributed by atoms with van der Waals surface area (Å²) < 4.78 is 5.24. The molecule has 2 aromatic rings. The molecule has 6 heteroatoms. The topological polar surface area (TPSA) is 67.2 Å². The van der Waals surface area contributed by atoms with Crippen LogP contribution in [0.4, 0.5) is 5.69 Å². The minimum absolute atomic E-state index is 0. The Bertz CT molecular complexity index is 598. The van der Waals surface area contributed by atoms with E-state index < -0.39 is 0 Å². The molecule has 0 bridgehead atoms. The van der Waals surface area contributed by atoms with E-state index in [-0.39, 0.29) is 24.2 Å². The van der Waals surface area contributed by atoms with E-state index in [0.29, 0.717) is 11.9 Å². The van der Waals surface area contributed by atoms with Gasteiger partial charge in [0.15, 0.2) is 0 Å². The highest BCUT2D eigenvalue weighted by atomic mass is 35.5. The number of hydrogen-bond donors (Lipinski definition) is 2. The molecule has 118 valence electrons. The van der Waals surface area contributed by atoms with Crippen LogP contribution in [-0.2, 0) is 4.79 Å². The molecular formula is C16H20ClN3O2. The number of carbonyl (C=O) groups is 1. The highest BCUT2D eigenvalue weighted by Gasteiger charge is 2.24. The third-order valence-corrected chi connectivity index (χ3v) is 3.83. The van der Waals surface area contributed by atoms with Gasteiger partial charge in [-0.2, -0.15) is 0 Å². The molecule has 0 aliphatic carbocycles. The van der Waals surface area contributed by atoms with Gasteiger partial charge in [-0.15, -0.1) is 12.4 Å². The van der Waals surface area contributed by atoms with Crippen molar-refractivity contribution in [2.75, 3.05) is 11.9 Å². The third kappa shape index (κ3) is 3.87. The summed E-state index contributed by atoms with van der Waals surface area (Å²) >= 11 is 0. The summed E-state index contributed by atoms with van der Waals surface area (Å²) in [6.07, 6.45) is 4.94. The highest BCUT2D eigenvalue weighted by Crippen LogP contribution is 2.22. The average Bonchev–Trinajstić information content (AvgIpc) is 3.02. The van der Waals surface area contributed by atoms with E-state index >= 15 is 0 Å². The second-order valence-electron chi connectivity index (χ2n) is 5.48. The molecule has 3 rings (SSSR count). The van der Waals surface area contributed by atoms with E-state index in [9.17, 15) is 4.79 Å². The fourth-order valence-corrected chi connectivity index (χ4v) is 2.68. The molecule has 0 saturated carbocycles. The van der Waals surface area contributed by atoms with Crippen LogP contribution in [0.25, 0.3) is 11.5 Å². The van der Waals surface area contributed by atoms with Gasteiger partial charge < -0.3 is 15.1 Å². The van der Waals surface area contributed by atoms with Gasteiger partial charge in [-0.05, 0) is 50.6 Å². The van der Waals surface area contributed by atoms with Gasteiger partial charge in [-0.3, -0.25) is 4.79 Å². The van der Waals surface area contributed by atoms with Crippen molar-refractivity contribution < 1.29 is 9.21 Å². The van der Waals surface area contributed by atoms with E-state index in [4.69, 9.17) is 4.42 Å². The third-order valence-electron chi connectivity index (χ3n) is 3.83. The first-order chi connectivity index (χ1) is 10.2. The Hall–Kier alpha value is -1.85. The van der Waals surface area contributed by atoms with Crippen molar-refractivity contribution in [1.29, 1.82) is 0 Å². The summed E-state index contributed by atoms with van der Waals surface area (Å²) in [6.45, 7) is 3.02. The Labute approximate surface area is 135 Å². The second kappa shape index (κ2) is 7.42. The SMILES string of the molecule is C[C@H]1C[C@@H](C(=O)Nc2ccc(-c3ncco3)cc2)CCN1.Cl. The minimum atomic E-state index is 0. The monoisotopic (exact) mass is 321 g/mol. The van der Waals surface area contributed by atoms with Crippen molar-refractivity contribution in [2.45, 2.75) is 25.8 Å². The number of benzene rings is 1. The van der Waals surface area contributed by atoms with E-state index in [1.54, 1.807) is 12.5 Å². The molecule has 0 radical (unpaired) electrons. The Morgan fingerprint density at radius 1 is 1.36 bits per heavy atom. The normalized spacial score (nSPS) is 21.0. The molecule has 1 aliphatic heterocycles. The van der Waals surface area contributed by atoms with Crippen LogP contribution in [0.5, 0.6) is 0 Å². The molecule has 2 atom stereocenters. The summed E-state index contributed by atoms with van der Waals surface area (Å²) in [6, 6.07) is 7.95. The van der Waals surface area contributed by atoms with Gasteiger partial charge in [0.25, 0.3) is 0 Å². The number of amides is 1. The van der Waals surface area contributed by atoms with E-state index in [0.717, 1.165) is 30.6 Å². The molecule has 1 fully saturated rings. The standard InChI is InChI=1S/C16H19N3O2.ClH/c1-11-10-13(6-7-17-11)15(20)19-14-4-2-12(3-5-14)16-18-8-9-21-16;/h2-5,8-9,11,13,17H,6-7,10H2,1H3,(H,19,20);1H/t11-,13-;/m0./s1. The quantitative estimate of drug-likeness (QED) is 0.911. The lowest BCUT2D eigenvalue weighted by Gasteiger charge is -2.27. The zero-order chi connectivity index (χ0) is 14.7. The number of halogens is 1. The number of anilines is 1. The summed E-state index contributed by atoms with van der Waals surface area (Å²) in [5.41, 5.74) is 1.70. The van der Waals surface area contributed by atoms with Gasteiger partial charge in [0, 0.05) is 23.2 Å². The van der Waals surface area contributed by atoms with Crippen molar-refractivity contribution in [3.8, 4) is 11.5 Å². The Morgan fingerprint density at radius 2 is 2.14 bits per heavy atom. The van der Waals surface area contributed by atoms with E-state index in [1.807, 2.05) is 24.3 Å². The van der Waals surface area contributed by atoms with Crippen molar-refractivity contribution in [3.05, 3.63) is 36.7 Å². The smallest absolute Gasteiger partial charge is 0.227 e.